The van der Waals surface area contributed by atoms with Crippen LogP contribution in [-0.2, 0) is 19.3 Å². The first-order chi connectivity index (χ1) is 19.1. The Morgan fingerprint density at radius 1 is 1.05 bits per heavy atom. The van der Waals surface area contributed by atoms with Crippen molar-refractivity contribution in [1.29, 1.82) is 0 Å². The minimum atomic E-state index is -0.587. The molecule has 0 fully saturated rings. The molecule has 0 bridgehead atoms. The molecular weight excluding hydrogens is 540 g/mol. The van der Waals surface area contributed by atoms with Gasteiger partial charge in [0.2, 0.25) is 0 Å². The number of carbonyl (C=O) groups is 1. The molecule has 0 unspecified atom stereocenters. The van der Waals surface area contributed by atoms with E-state index >= 15 is 0 Å². The highest BCUT2D eigenvalue weighted by molar-refractivity contribution is 7.13. The van der Waals surface area contributed by atoms with Gasteiger partial charge in [-0.3, -0.25) is 14.2 Å². The Morgan fingerprint density at radius 2 is 1.70 bits per heavy atom. The number of aliphatic hydroxyl groups is 1. The molecule has 0 aliphatic carbocycles. The van der Waals surface area contributed by atoms with E-state index in [0.717, 1.165) is 46.6 Å². The number of halogens is 1. The highest BCUT2D eigenvalue weighted by Crippen LogP contribution is 2.32. The van der Waals surface area contributed by atoms with Gasteiger partial charge in [-0.25, -0.2) is 4.98 Å². The van der Waals surface area contributed by atoms with E-state index in [9.17, 15) is 14.7 Å². The fraction of sp³-hybridized carbons (Fsp3) is 0.364. The van der Waals surface area contributed by atoms with Gasteiger partial charge < -0.3 is 5.11 Å². The second kappa shape index (κ2) is 13.1. The lowest BCUT2D eigenvalue weighted by Gasteiger charge is -2.23. The minimum Gasteiger partial charge on any atom is -0.393 e. The third-order valence-electron chi connectivity index (χ3n) is 7.06. The number of rotatable bonds is 11. The number of aliphatic hydroxyl groups excluding tert-OH is 1. The van der Waals surface area contributed by atoms with Gasteiger partial charge >= 0.3 is 0 Å². The Balaban J connectivity index is 2.03. The molecule has 1 N–H and O–H groups in total. The van der Waals surface area contributed by atoms with Crippen LogP contribution in [0.15, 0.2) is 58.7 Å². The van der Waals surface area contributed by atoms with Crippen LogP contribution in [0, 0.1) is 5.92 Å². The zero-order chi connectivity index (χ0) is 29.0. The van der Waals surface area contributed by atoms with Gasteiger partial charge in [-0.15, -0.1) is 11.3 Å². The minimum absolute atomic E-state index is 0.0759. The van der Waals surface area contributed by atoms with Crippen molar-refractivity contribution in [2.45, 2.75) is 72.8 Å². The third-order valence-corrected chi connectivity index (χ3v) is 8.18. The highest BCUT2D eigenvalue weighted by atomic mass is 35.5. The van der Waals surface area contributed by atoms with Gasteiger partial charge in [0.25, 0.3) is 5.56 Å². The number of aromatic nitrogens is 2. The Kier molecular flexibility index (Phi) is 9.77. The van der Waals surface area contributed by atoms with Crippen molar-refractivity contribution < 1.29 is 9.90 Å². The quantitative estimate of drug-likeness (QED) is 0.184. The highest BCUT2D eigenvalue weighted by Gasteiger charge is 2.25. The van der Waals surface area contributed by atoms with Crippen molar-refractivity contribution in [2.75, 3.05) is 0 Å². The molecule has 0 saturated heterocycles. The van der Waals surface area contributed by atoms with Gasteiger partial charge in [-0.05, 0) is 67.9 Å². The molecule has 0 aliphatic heterocycles. The van der Waals surface area contributed by atoms with Crippen LogP contribution in [0.1, 0.15) is 74.6 Å². The summed E-state index contributed by atoms with van der Waals surface area (Å²) in [6, 6.07) is 15.3. The monoisotopic (exact) mass is 576 g/mol. The van der Waals surface area contributed by atoms with E-state index < -0.39 is 6.10 Å². The molecule has 5 nitrogen and oxygen atoms in total. The molecule has 0 amide bonds. The van der Waals surface area contributed by atoms with Gasteiger partial charge in [-0.2, -0.15) is 0 Å². The number of ketones is 1. The van der Waals surface area contributed by atoms with Gasteiger partial charge in [0, 0.05) is 33.6 Å². The summed E-state index contributed by atoms with van der Waals surface area (Å²) in [4.78, 5) is 33.1. The summed E-state index contributed by atoms with van der Waals surface area (Å²) in [7, 11) is 0. The molecule has 7 heteroatoms. The normalized spacial score (nSPS) is 12.2. The number of pyridine rings is 1. The molecule has 40 heavy (non-hydrogen) atoms. The lowest BCUT2D eigenvalue weighted by Crippen LogP contribution is -2.29. The molecule has 0 aliphatic rings. The summed E-state index contributed by atoms with van der Waals surface area (Å²) in [6.07, 6.45) is 2.05. The first-order valence-corrected chi connectivity index (χ1v) is 15.2. The van der Waals surface area contributed by atoms with E-state index in [1.165, 1.54) is 11.3 Å². The summed E-state index contributed by atoms with van der Waals surface area (Å²) in [5.41, 5.74) is 6.14. The summed E-state index contributed by atoms with van der Waals surface area (Å²) in [5.74, 6) is 0.142. The first-order valence-electron chi connectivity index (χ1n) is 14.0. The maximum atomic E-state index is 14.5. The number of carbonyl (C=O) groups excluding carboxylic acids is 1. The van der Waals surface area contributed by atoms with Crippen molar-refractivity contribution in [3.63, 3.8) is 0 Å². The van der Waals surface area contributed by atoms with Crippen LogP contribution in [0.4, 0.5) is 0 Å². The van der Waals surface area contributed by atoms with E-state index in [4.69, 9.17) is 16.6 Å². The van der Waals surface area contributed by atoms with Crippen LogP contribution in [0.2, 0.25) is 5.02 Å². The number of thiazole rings is 1. The summed E-state index contributed by atoms with van der Waals surface area (Å²) in [5, 5.41) is 13.0. The number of hydrogen-bond donors (Lipinski definition) is 1. The molecule has 210 valence electrons. The maximum absolute atomic E-state index is 14.5. The average molecular weight is 577 g/mol. The Bertz CT molecular complexity index is 1530. The number of Topliss-reactive ketones (excluding diaryl/α,β-unsaturated/α-hetero) is 1. The molecule has 4 aromatic rings. The molecule has 2 aromatic carbocycles. The molecule has 0 spiro atoms. The Morgan fingerprint density at radius 3 is 2.27 bits per heavy atom. The van der Waals surface area contributed by atoms with Crippen LogP contribution in [0.25, 0.3) is 27.5 Å². The molecule has 0 radical (unpaired) electrons. The van der Waals surface area contributed by atoms with Crippen LogP contribution in [0.5, 0.6) is 0 Å². The zero-order valence-corrected chi connectivity index (χ0v) is 25.4. The van der Waals surface area contributed by atoms with Crippen molar-refractivity contribution >= 4 is 28.7 Å². The first kappa shape index (κ1) is 29.9. The molecular formula is C33H37ClN2O3S. The second-order valence-electron chi connectivity index (χ2n) is 10.6. The summed E-state index contributed by atoms with van der Waals surface area (Å²) >= 11 is 7.47. The number of aryl methyl sites for hydroxylation is 2. The molecule has 2 aromatic heterocycles. The third kappa shape index (κ3) is 6.46. The lowest BCUT2D eigenvalue weighted by atomic mass is 9.94. The molecule has 0 saturated carbocycles. The maximum Gasteiger partial charge on any atom is 0.265 e. The lowest BCUT2D eigenvalue weighted by molar-refractivity contribution is 0.0947. The zero-order valence-electron chi connectivity index (χ0n) is 23.8. The fourth-order valence-corrected chi connectivity index (χ4v) is 5.96. The van der Waals surface area contributed by atoms with E-state index in [1.54, 1.807) is 17.6 Å². The van der Waals surface area contributed by atoms with Crippen LogP contribution < -0.4 is 5.56 Å². The number of nitrogens with zero attached hydrogens (tertiary/aromatic N) is 2. The van der Waals surface area contributed by atoms with E-state index in [0.29, 0.717) is 34.0 Å². The van der Waals surface area contributed by atoms with Crippen molar-refractivity contribution in [1.82, 2.24) is 9.55 Å². The van der Waals surface area contributed by atoms with Crippen LogP contribution >= 0.6 is 22.9 Å². The van der Waals surface area contributed by atoms with Crippen molar-refractivity contribution in [2.24, 2.45) is 5.92 Å². The van der Waals surface area contributed by atoms with Crippen LogP contribution in [-0.4, -0.2) is 26.5 Å². The summed E-state index contributed by atoms with van der Waals surface area (Å²) in [6.45, 7) is 10.1. The molecule has 2 heterocycles. The van der Waals surface area contributed by atoms with Crippen LogP contribution in [0.3, 0.4) is 0 Å². The largest absolute Gasteiger partial charge is 0.393 e. The Labute approximate surface area is 245 Å². The standard InChI is InChI=1S/C33H37ClN2O3S/c1-6-22-9-8-10-23(7-2)31(22)36-29(17-20(3)4)26(30(38)16-11-21(5)37)18-27(33(36)39)32-35-28(19-40-32)24-12-14-25(34)15-13-24/h8-10,12-15,18-21,37H,6-7,11,16-17H2,1-5H3/t21-/m1/s1. The topological polar surface area (TPSA) is 72.2 Å². The van der Waals surface area contributed by atoms with Gasteiger partial charge in [0.1, 0.15) is 5.01 Å². The smallest absolute Gasteiger partial charge is 0.265 e. The predicted molar refractivity (Wildman–Crippen MR) is 166 cm³/mol. The summed E-state index contributed by atoms with van der Waals surface area (Å²) < 4.78 is 1.80. The number of para-hydroxylation sites is 1. The van der Waals surface area contributed by atoms with Crippen molar-refractivity contribution in [3.8, 4) is 27.5 Å². The SMILES string of the molecule is CCc1cccc(CC)c1-n1c(CC(C)C)c(C(=O)CC[C@@H](C)O)cc(-c2nc(-c3ccc(Cl)cc3)cs2)c1=O. The predicted octanol–water partition coefficient (Wildman–Crippen LogP) is 7.95. The number of benzene rings is 2. The van der Waals surface area contributed by atoms with Gasteiger partial charge in [-0.1, -0.05) is 69.6 Å². The fourth-order valence-electron chi connectivity index (χ4n) is 5.00. The molecule has 4 rings (SSSR count). The Hall–Kier alpha value is -3.06. The van der Waals surface area contributed by atoms with E-state index in [2.05, 4.69) is 39.8 Å². The van der Waals surface area contributed by atoms with Gasteiger partial charge in [0.15, 0.2) is 5.78 Å². The molecule has 1 atom stereocenters. The van der Waals surface area contributed by atoms with E-state index in [-0.39, 0.29) is 23.7 Å². The number of hydrogen-bond acceptors (Lipinski definition) is 5. The van der Waals surface area contributed by atoms with Crippen molar-refractivity contribution in [3.05, 3.63) is 91.7 Å². The van der Waals surface area contributed by atoms with Gasteiger partial charge in [0.05, 0.1) is 23.0 Å². The second-order valence-corrected chi connectivity index (χ2v) is 11.9. The average Bonchev–Trinajstić information content (AvgIpc) is 3.42. The van der Waals surface area contributed by atoms with E-state index in [1.807, 2.05) is 35.7 Å².